The summed E-state index contributed by atoms with van der Waals surface area (Å²) in [6, 6.07) is 1.25. The van der Waals surface area contributed by atoms with Crippen molar-refractivity contribution in [2.75, 3.05) is 13.1 Å². The molecule has 0 bridgehead atoms. The van der Waals surface area contributed by atoms with E-state index in [1.165, 1.54) is 217 Å². The van der Waals surface area contributed by atoms with Crippen molar-refractivity contribution in [2.24, 2.45) is 35.5 Å². The summed E-state index contributed by atoms with van der Waals surface area (Å²) in [4.78, 5) is 17.0. The third kappa shape index (κ3) is 9.74. The van der Waals surface area contributed by atoms with Crippen molar-refractivity contribution in [1.29, 1.82) is 0 Å². The molecule has 2 aliphatic heterocycles. The van der Waals surface area contributed by atoms with Gasteiger partial charge in [-0.15, -0.1) is 0 Å². The number of hydrogen-bond donors (Lipinski definition) is 1. The molecule has 5 fully saturated rings. The van der Waals surface area contributed by atoms with Gasteiger partial charge in [0.05, 0.1) is 5.92 Å². The number of nitrogens with zero attached hydrogens (tertiary/aromatic N) is 2. The zero-order valence-electron chi connectivity index (χ0n) is 36.5. The maximum Gasteiger partial charge on any atom is 0.332 e. The highest BCUT2D eigenvalue weighted by Gasteiger charge is 2.58. The van der Waals surface area contributed by atoms with Crippen molar-refractivity contribution in [3.63, 3.8) is 0 Å². The molecule has 4 nitrogen and oxygen atoms in total. The number of aliphatic hydroxyl groups is 1. The number of hydrogen-bond acceptors (Lipinski definition) is 3. The van der Waals surface area contributed by atoms with Gasteiger partial charge < -0.3 is 10.0 Å². The summed E-state index contributed by atoms with van der Waals surface area (Å²) in [5, 5.41) is 11.8. The molecule has 7 rings (SSSR count). The molecule has 0 aromatic rings. The lowest BCUT2D eigenvalue weighted by Crippen LogP contribution is -2.40. The number of rotatable bonds is 24. The van der Waals surface area contributed by atoms with Gasteiger partial charge in [-0.2, -0.15) is 0 Å². The van der Waals surface area contributed by atoms with Crippen LogP contribution in [0.4, 0.5) is 0 Å². The number of ketones is 1. The largest absolute Gasteiger partial charge is 0.446 e. The minimum atomic E-state index is 0.0599. The van der Waals surface area contributed by atoms with Gasteiger partial charge in [0.1, 0.15) is 12.6 Å². The molecular formula is C52H84N2O2+2. The Labute approximate surface area is 344 Å². The van der Waals surface area contributed by atoms with Crippen LogP contribution in [0.3, 0.4) is 0 Å². The number of aliphatic hydroxyl groups excluding tert-OH is 1. The summed E-state index contributed by atoms with van der Waals surface area (Å²) in [7, 11) is 0. The zero-order valence-corrected chi connectivity index (χ0v) is 36.5. The minimum absolute atomic E-state index is 0.0599. The standard InChI is InChI=1S/C52H83N2O2/c1-3-5-7-9-11-13-15-17-19-21-35-53-45-33-25-29-39-27-23-31-41(49(39)45)47(53)37-43-51(55)44(52(43)56)38-48-42-32-24-28-40-30-26-34-46(50(40)42)54(48)36-22-20-18-16-14-12-10-8-6-4-2/h37,39-42,45-46,49-50H,3-36H2,1-2H3/q+1/p+1. The van der Waals surface area contributed by atoms with Gasteiger partial charge in [-0.3, -0.25) is 0 Å². The quantitative estimate of drug-likeness (QED) is 0.0460. The number of carbonyl (C=O) groups excluding carboxylic acids is 1. The molecule has 0 amide bonds. The third-order valence-corrected chi connectivity index (χ3v) is 16.4. The Balaban J connectivity index is 1.04. The highest BCUT2D eigenvalue weighted by Crippen LogP contribution is 2.55. The van der Waals surface area contributed by atoms with E-state index in [9.17, 15) is 9.90 Å². The molecular weight excluding hydrogens is 685 g/mol. The van der Waals surface area contributed by atoms with Crippen LogP contribution in [-0.4, -0.2) is 51.3 Å². The molecule has 0 aromatic heterocycles. The molecule has 2 heterocycles. The second-order valence-corrected chi connectivity index (χ2v) is 20.0. The van der Waals surface area contributed by atoms with Crippen molar-refractivity contribution in [2.45, 2.75) is 231 Å². The first-order valence-corrected chi connectivity index (χ1v) is 25.4. The average Bonchev–Trinajstić information content (AvgIpc) is 3.70. The van der Waals surface area contributed by atoms with Crippen LogP contribution in [0.15, 0.2) is 28.7 Å². The Bertz CT molecular complexity index is 1400. The topological polar surface area (TPSA) is 43.5 Å². The normalized spacial score (nSPS) is 32.3. The summed E-state index contributed by atoms with van der Waals surface area (Å²) in [5.74, 6) is 4.55. The molecule has 0 radical (unpaired) electrons. The Morgan fingerprint density at radius 3 is 1.75 bits per heavy atom. The molecule has 312 valence electrons. The van der Waals surface area contributed by atoms with Crippen LogP contribution in [0.5, 0.6) is 0 Å². The van der Waals surface area contributed by atoms with E-state index in [-0.39, 0.29) is 11.5 Å². The fourth-order valence-electron chi connectivity index (χ4n) is 13.6. The van der Waals surface area contributed by atoms with E-state index in [2.05, 4.69) is 35.5 Å². The van der Waals surface area contributed by atoms with E-state index in [4.69, 9.17) is 0 Å². The third-order valence-electron chi connectivity index (χ3n) is 16.4. The van der Waals surface area contributed by atoms with E-state index in [0.29, 0.717) is 35.1 Å². The summed E-state index contributed by atoms with van der Waals surface area (Å²) in [5.41, 5.74) is 3.80. The second kappa shape index (κ2) is 21.4. The molecule has 0 spiro atoms. The molecule has 8 atom stereocenters. The van der Waals surface area contributed by atoms with Gasteiger partial charge >= 0.3 is 5.78 Å². The monoisotopic (exact) mass is 769 g/mol. The Kier molecular flexibility index (Phi) is 16.1. The molecule has 1 saturated heterocycles. The van der Waals surface area contributed by atoms with Crippen molar-refractivity contribution < 1.29 is 14.5 Å². The van der Waals surface area contributed by atoms with Crippen LogP contribution in [-0.2, 0) is 4.79 Å². The molecule has 7 aliphatic rings. The number of Topliss-reactive ketones (excluding diaryl/α,β-unsaturated/α-hetero) is 1. The summed E-state index contributed by atoms with van der Waals surface area (Å²) >= 11 is 0. The zero-order chi connectivity index (χ0) is 38.7. The Morgan fingerprint density at radius 2 is 1.14 bits per heavy atom. The van der Waals surface area contributed by atoms with E-state index >= 15 is 0 Å². The summed E-state index contributed by atoms with van der Waals surface area (Å²) in [6.45, 7) is 6.83. The SMILES string of the molecule is CCCCCCCCCCCCN1/C(=C/C2=C(O)C(=[C+]C3=[N+](CCCCCCCCCCCC)C4CCCC5CCCC3C54)C2=O)C2CCCC3CCCC1C32. The van der Waals surface area contributed by atoms with Crippen LogP contribution < -0.4 is 0 Å². The van der Waals surface area contributed by atoms with Crippen molar-refractivity contribution >= 4 is 11.5 Å². The highest BCUT2D eigenvalue weighted by molar-refractivity contribution is 6.22. The van der Waals surface area contributed by atoms with Crippen LogP contribution in [0, 0.1) is 41.6 Å². The van der Waals surface area contributed by atoms with Crippen LogP contribution in [0.2, 0.25) is 0 Å². The first-order valence-electron chi connectivity index (χ1n) is 25.4. The fraction of sp³-hybridized carbons (Fsp3) is 0.846. The first kappa shape index (κ1) is 42.2. The molecule has 1 N–H and O–H groups in total. The average molecular weight is 769 g/mol. The fourth-order valence-corrected chi connectivity index (χ4v) is 13.6. The van der Waals surface area contributed by atoms with Gasteiger partial charge in [-0.1, -0.05) is 155 Å². The van der Waals surface area contributed by atoms with Crippen LogP contribution in [0.1, 0.15) is 219 Å². The lowest BCUT2D eigenvalue weighted by Gasteiger charge is -2.41. The van der Waals surface area contributed by atoms with Gasteiger partial charge in [0.15, 0.2) is 11.6 Å². The summed E-state index contributed by atoms with van der Waals surface area (Å²) < 4.78 is 2.74. The van der Waals surface area contributed by atoms with Crippen molar-refractivity contribution in [3.05, 3.63) is 34.8 Å². The van der Waals surface area contributed by atoms with Crippen LogP contribution >= 0.6 is 0 Å². The number of unbranched alkanes of at least 4 members (excludes halogenated alkanes) is 18. The van der Waals surface area contributed by atoms with Crippen molar-refractivity contribution in [3.8, 4) is 0 Å². The van der Waals surface area contributed by atoms with E-state index < -0.39 is 0 Å². The van der Waals surface area contributed by atoms with Gasteiger partial charge in [0, 0.05) is 43.0 Å². The molecule has 0 aromatic carbocycles. The van der Waals surface area contributed by atoms with Gasteiger partial charge in [0.25, 0.3) is 17.0 Å². The van der Waals surface area contributed by atoms with Gasteiger partial charge in [-0.25, -0.2) is 9.37 Å². The second-order valence-electron chi connectivity index (χ2n) is 20.0. The molecule has 8 unspecified atom stereocenters. The number of allylic oxidation sites excluding steroid dienone is 5. The first-order chi connectivity index (χ1) is 27.6. The van der Waals surface area contributed by atoms with E-state index in [0.717, 1.165) is 36.8 Å². The number of carbonyl (C=O) groups is 1. The van der Waals surface area contributed by atoms with Crippen LogP contribution in [0.25, 0.3) is 0 Å². The molecule has 4 saturated carbocycles. The molecule has 5 aliphatic carbocycles. The van der Waals surface area contributed by atoms with Gasteiger partial charge in [-0.05, 0) is 75.2 Å². The lowest BCUT2D eigenvalue weighted by atomic mass is 9.64. The molecule has 56 heavy (non-hydrogen) atoms. The van der Waals surface area contributed by atoms with E-state index in [1.807, 2.05) is 0 Å². The predicted molar refractivity (Wildman–Crippen MR) is 234 cm³/mol. The lowest BCUT2D eigenvalue weighted by molar-refractivity contribution is -0.568. The van der Waals surface area contributed by atoms with E-state index in [1.54, 1.807) is 0 Å². The minimum Gasteiger partial charge on any atom is -0.446 e. The maximum atomic E-state index is 14.2. The highest BCUT2D eigenvalue weighted by atomic mass is 16.3. The predicted octanol–water partition coefficient (Wildman–Crippen LogP) is 13.8. The Morgan fingerprint density at radius 1 is 0.625 bits per heavy atom. The van der Waals surface area contributed by atoms with Crippen molar-refractivity contribution in [1.82, 2.24) is 4.90 Å². The Hall–Kier alpha value is -1.93. The smallest absolute Gasteiger partial charge is 0.332 e. The molecule has 4 heteroatoms. The number of likely N-dealkylation sites (tertiary alicyclic amines) is 1. The van der Waals surface area contributed by atoms with Gasteiger partial charge in [0.2, 0.25) is 0 Å². The maximum absolute atomic E-state index is 14.2. The summed E-state index contributed by atoms with van der Waals surface area (Å²) in [6.07, 6.45) is 49.2.